The maximum absolute atomic E-state index is 14.4. The van der Waals surface area contributed by atoms with Crippen molar-refractivity contribution in [3.8, 4) is 11.1 Å². The molecule has 0 radical (unpaired) electrons. The van der Waals surface area contributed by atoms with E-state index in [9.17, 15) is 13.6 Å². The zero-order chi connectivity index (χ0) is 23.0. The fraction of sp³-hybridized carbons (Fsp3) is 0.462. The summed E-state index contributed by atoms with van der Waals surface area (Å²) in [6.07, 6.45) is 2.21. The zero-order valence-electron chi connectivity index (χ0n) is 19.2. The lowest BCUT2D eigenvalue weighted by Crippen LogP contribution is -2.42. The number of hydrogen-bond acceptors (Lipinski definition) is 3. The second-order valence-corrected chi connectivity index (χ2v) is 9.47. The van der Waals surface area contributed by atoms with Crippen molar-refractivity contribution < 1.29 is 8.78 Å². The summed E-state index contributed by atoms with van der Waals surface area (Å²) < 4.78 is 29.9. The van der Waals surface area contributed by atoms with Crippen molar-refractivity contribution in [1.82, 2.24) is 14.5 Å². The summed E-state index contributed by atoms with van der Waals surface area (Å²) in [5.74, 6) is -0.564. The Morgan fingerprint density at radius 2 is 1.91 bits per heavy atom. The molecule has 1 aliphatic rings. The van der Waals surface area contributed by atoms with E-state index < -0.39 is 11.6 Å². The number of piperidine rings is 1. The van der Waals surface area contributed by atoms with Crippen molar-refractivity contribution in [2.45, 2.75) is 59.0 Å². The Bertz CT molecular complexity index is 1190. The Morgan fingerprint density at radius 1 is 1.12 bits per heavy atom. The molecular formula is C26H31F2N3O. The normalized spacial score (nSPS) is 17.6. The van der Waals surface area contributed by atoms with Crippen LogP contribution in [0.1, 0.15) is 52.3 Å². The molecule has 170 valence electrons. The molecule has 0 amide bonds. The van der Waals surface area contributed by atoms with Crippen LogP contribution in [0.4, 0.5) is 8.78 Å². The molecule has 2 heterocycles. The van der Waals surface area contributed by atoms with Crippen molar-refractivity contribution in [2.24, 2.45) is 5.92 Å². The molecule has 3 aromatic rings. The molecule has 0 bridgehead atoms. The molecule has 1 atom stereocenters. The lowest BCUT2D eigenvalue weighted by atomic mass is 9.96. The average Bonchev–Trinajstić information content (AvgIpc) is 2.77. The van der Waals surface area contributed by atoms with E-state index in [1.165, 1.54) is 12.1 Å². The minimum atomic E-state index is -0.907. The van der Waals surface area contributed by atoms with Crippen LogP contribution >= 0.6 is 0 Å². The van der Waals surface area contributed by atoms with Crippen LogP contribution in [0.5, 0.6) is 0 Å². The van der Waals surface area contributed by atoms with E-state index in [4.69, 9.17) is 4.98 Å². The molecule has 1 saturated heterocycles. The van der Waals surface area contributed by atoms with Gasteiger partial charge in [0.2, 0.25) is 0 Å². The van der Waals surface area contributed by atoms with Crippen molar-refractivity contribution in [2.75, 3.05) is 13.1 Å². The highest BCUT2D eigenvalue weighted by molar-refractivity contribution is 5.84. The van der Waals surface area contributed by atoms with Crippen LogP contribution in [0.2, 0.25) is 0 Å². The quantitative estimate of drug-likeness (QED) is 0.520. The Kier molecular flexibility index (Phi) is 6.42. The van der Waals surface area contributed by atoms with Gasteiger partial charge in [0.25, 0.3) is 5.56 Å². The number of nitrogens with zero attached hydrogens (tertiary/aromatic N) is 3. The van der Waals surface area contributed by atoms with Crippen molar-refractivity contribution >= 4 is 10.9 Å². The summed E-state index contributed by atoms with van der Waals surface area (Å²) in [4.78, 5) is 20.9. The molecule has 6 heteroatoms. The molecule has 1 aliphatic heterocycles. The van der Waals surface area contributed by atoms with Gasteiger partial charge < -0.3 is 4.90 Å². The van der Waals surface area contributed by atoms with E-state index >= 15 is 0 Å². The van der Waals surface area contributed by atoms with Crippen LogP contribution in [0.3, 0.4) is 0 Å². The van der Waals surface area contributed by atoms with Crippen LogP contribution in [0, 0.1) is 17.6 Å². The SMILES string of the molecule is CC(C)c1nc2ccc(-c3cccc(F)c3F)cc2c(=O)n1C[C@H]1CCCN(C(C)C)C1. The number of hydrogen-bond donors (Lipinski definition) is 0. The molecule has 0 unspecified atom stereocenters. The van der Waals surface area contributed by atoms with E-state index in [2.05, 4.69) is 18.7 Å². The molecule has 4 nitrogen and oxygen atoms in total. The highest BCUT2D eigenvalue weighted by Crippen LogP contribution is 2.28. The second-order valence-electron chi connectivity index (χ2n) is 9.47. The number of rotatable bonds is 5. The molecule has 0 saturated carbocycles. The summed E-state index contributed by atoms with van der Waals surface area (Å²) in [6.45, 7) is 11.2. The number of benzene rings is 2. The van der Waals surface area contributed by atoms with E-state index in [1.807, 2.05) is 18.4 Å². The maximum Gasteiger partial charge on any atom is 0.261 e. The third kappa shape index (κ3) is 4.33. The van der Waals surface area contributed by atoms with E-state index in [1.54, 1.807) is 18.2 Å². The van der Waals surface area contributed by atoms with Gasteiger partial charge in [-0.15, -0.1) is 0 Å². The van der Waals surface area contributed by atoms with Crippen molar-refractivity contribution in [3.63, 3.8) is 0 Å². The zero-order valence-corrected chi connectivity index (χ0v) is 19.2. The van der Waals surface area contributed by atoms with Gasteiger partial charge in [0.15, 0.2) is 11.6 Å². The van der Waals surface area contributed by atoms with Crippen LogP contribution in [0.15, 0.2) is 41.2 Å². The minimum Gasteiger partial charge on any atom is -0.301 e. The number of fused-ring (bicyclic) bond motifs is 1. The van der Waals surface area contributed by atoms with Gasteiger partial charge in [-0.2, -0.15) is 0 Å². The molecule has 2 aromatic carbocycles. The van der Waals surface area contributed by atoms with Gasteiger partial charge in [-0.25, -0.2) is 13.8 Å². The molecule has 32 heavy (non-hydrogen) atoms. The molecule has 1 fully saturated rings. The van der Waals surface area contributed by atoms with Crippen molar-refractivity contribution in [1.29, 1.82) is 0 Å². The van der Waals surface area contributed by atoms with Crippen LogP contribution in [0.25, 0.3) is 22.0 Å². The average molecular weight is 440 g/mol. The van der Waals surface area contributed by atoms with Gasteiger partial charge in [0.1, 0.15) is 5.82 Å². The molecule has 0 N–H and O–H groups in total. The first-order valence-corrected chi connectivity index (χ1v) is 11.5. The summed E-state index contributed by atoms with van der Waals surface area (Å²) in [7, 11) is 0. The number of halogens is 2. The van der Waals surface area contributed by atoms with Gasteiger partial charge in [0.05, 0.1) is 10.9 Å². The summed E-state index contributed by atoms with van der Waals surface area (Å²) >= 11 is 0. The predicted octanol–water partition coefficient (Wildman–Crippen LogP) is 5.59. The standard InChI is InChI=1S/C26H31F2N3O/c1-16(2)25-29-23-11-10-19(20-8-5-9-22(27)24(20)28)13-21(23)26(32)31(25)15-18-7-6-12-30(14-18)17(3)4/h5,8-11,13,16-18H,6-7,12,14-15H2,1-4H3/t18-/m0/s1. The smallest absolute Gasteiger partial charge is 0.261 e. The first kappa shape index (κ1) is 22.6. The fourth-order valence-corrected chi connectivity index (χ4v) is 4.72. The van der Waals surface area contributed by atoms with Gasteiger partial charge in [-0.1, -0.05) is 32.0 Å². The summed E-state index contributed by atoms with van der Waals surface area (Å²) in [5, 5.41) is 0.437. The molecule has 0 spiro atoms. The van der Waals surface area contributed by atoms with Gasteiger partial charge in [0, 0.05) is 30.6 Å². The maximum atomic E-state index is 14.4. The second kappa shape index (κ2) is 9.10. The largest absolute Gasteiger partial charge is 0.301 e. The Morgan fingerprint density at radius 3 is 2.62 bits per heavy atom. The first-order chi connectivity index (χ1) is 15.3. The van der Waals surface area contributed by atoms with E-state index in [0.29, 0.717) is 35.0 Å². The predicted molar refractivity (Wildman–Crippen MR) is 125 cm³/mol. The minimum absolute atomic E-state index is 0.0947. The number of likely N-dealkylation sites (tertiary alicyclic amines) is 1. The first-order valence-electron chi connectivity index (χ1n) is 11.5. The monoisotopic (exact) mass is 439 g/mol. The van der Waals surface area contributed by atoms with Crippen molar-refractivity contribution in [3.05, 3.63) is 64.2 Å². The van der Waals surface area contributed by atoms with E-state index in [-0.39, 0.29) is 17.0 Å². The number of aromatic nitrogens is 2. The van der Waals surface area contributed by atoms with Gasteiger partial charge >= 0.3 is 0 Å². The molecule has 1 aromatic heterocycles. The van der Waals surface area contributed by atoms with Crippen LogP contribution in [-0.2, 0) is 6.54 Å². The topological polar surface area (TPSA) is 38.1 Å². The third-order valence-corrected chi connectivity index (χ3v) is 6.48. The Balaban J connectivity index is 1.79. The molecular weight excluding hydrogens is 408 g/mol. The van der Waals surface area contributed by atoms with Crippen LogP contribution < -0.4 is 5.56 Å². The Hall–Kier alpha value is -2.60. The summed E-state index contributed by atoms with van der Waals surface area (Å²) in [6, 6.07) is 9.64. The van der Waals surface area contributed by atoms with Crippen LogP contribution in [-0.4, -0.2) is 33.6 Å². The van der Waals surface area contributed by atoms with Gasteiger partial charge in [-0.3, -0.25) is 9.36 Å². The molecule has 0 aliphatic carbocycles. The highest BCUT2D eigenvalue weighted by Gasteiger charge is 2.24. The molecule has 4 rings (SSSR count). The third-order valence-electron chi connectivity index (χ3n) is 6.48. The lowest BCUT2D eigenvalue weighted by molar-refractivity contribution is 0.129. The fourth-order valence-electron chi connectivity index (χ4n) is 4.72. The Labute approximate surface area is 187 Å². The van der Waals surface area contributed by atoms with Gasteiger partial charge in [-0.05, 0) is 62.9 Å². The highest BCUT2D eigenvalue weighted by atomic mass is 19.2. The summed E-state index contributed by atoms with van der Waals surface area (Å²) in [5.41, 5.74) is 1.09. The van der Waals surface area contributed by atoms with E-state index in [0.717, 1.165) is 37.8 Å². The lowest BCUT2D eigenvalue weighted by Gasteiger charge is -2.36.